The summed E-state index contributed by atoms with van der Waals surface area (Å²) in [5.41, 5.74) is 2.80. The van der Waals surface area contributed by atoms with Crippen molar-refractivity contribution < 1.29 is 4.74 Å². The van der Waals surface area contributed by atoms with Crippen molar-refractivity contribution >= 4 is 17.4 Å². The van der Waals surface area contributed by atoms with Crippen LogP contribution in [-0.4, -0.2) is 23.1 Å². The van der Waals surface area contributed by atoms with Crippen molar-refractivity contribution in [3.8, 4) is 0 Å². The van der Waals surface area contributed by atoms with Gasteiger partial charge in [0.05, 0.1) is 12.3 Å². The van der Waals surface area contributed by atoms with Gasteiger partial charge in [-0.3, -0.25) is 0 Å². The predicted octanol–water partition coefficient (Wildman–Crippen LogP) is 4.03. The summed E-state index contributed by atoms with van der Waals surface area (Å²) < 4.78 is 6.07. The minimum atomic E-state index is 0.243. The molecule has 0 aliphatic heterocycles. The first kappa shape index (κ1) is 15.3. The molecular formula is C17H20ClN3O. The lowest BCUT2D eigenvalue weighted by molar-refractivity contribution is 0.0406. The molecule has 116 valence electrons. The largest absolute Gasteiger partial charge is 0.373 e. The minimum absolute atomic E-state index is 0.243. The molecule has 0 saturated carbocycles. The van der Waals surface area contributed by atoms with Gasteiger partial charge in [-0.2, -0.15) is 0 Å². The van der Waals surface area contributed by atoms with Gasteiger partial charge < -0.3 is 10.1 Å². The van der Waals surface area contributed by atoms with Gasteiger partial charge in [0.2, 0.25) is 0 Å². The second-order valence-electron chi connectivity index (χ2n) is 5.45. The summed E-state index contributed by atoms with van der Waals surface area (Å²) in [5.74, 6) is 0.680. The van der Waals surface area contributed by atoms with Gasteiger partial charge in [0.1, 0.15) is 17.2 Å². The van der Waals surface area contributed by atoms with Crippen molar-refractivity contribution in [1.29, 1.82) is 0 Å². The standard InChI is InChI=1S/C17H20ClN3O/c18-15-11-19-12-21-17(15)20-9-4-10-22-16-8-3-6-13-5-1-2-7-14(13)16/h1-2,5,7,11-12,16H,3-4,6,8-10H2,(H,19,20,21). The van der Waals surface area contributed by atoms with Gasteiger partial charge in [-0.05, 0) is 36.8 Å². The fraction of sp³-hybridized carbons (Fsp3) is 0.412. The molecule has 5 heteroatoms. The number of hydrogen-bond acceptors (Lipinski definition) is 4. The Morgan fingerprint density at radius 1 is 1.32 bits per heavy atom. The number of nitrogens with zero attached hydrogens (tertiary/aromatic N) is 2. The van der Waals surface area contributed by atoms with Gasteiger partial charge in [-0.1, -0.05) is 35.9 Å². The highest BCUT2D eigenvalue weighted by Gasteiger charge is 2.19. The van der Waals surface area contributed by atoms with Crippen molar-refractivity contribution in [3.63, 3.8) is 0 Å². The van der Waals surface area contributed by atoms with E-state index < -0.39 is 0 Å². The molecule has 0 radical (unpaired) electrons. The minimum Gasteiger partial charge on any atom is -0.373 e. The van der Waals surface area contributed by atoms with E-state index >= 15 is 0 Å². The third kappa shape index (κ3) is 3.76. The van der Waals surface area contributed by atoms with E-state index in [1.54, 1.807) is 6.20 Å². The Kier molecular flexibility index (Phi) is 5.24. The molecule has 1 aromatic carbocycles. The van der Waals surface area contributed by atoms with E-state index in [4.69, 9.17) is 16.3 Å². The quantitative estimate of drug-likeness (QED) is 0.817. The Bertz CT molecular complexity index is 620. The van der Waals surface area contributed by atoms with E-state index in [2.05, 4.69) is 39.6 Å². The fourth-order valence-corrected chi connectivity index (χ4v) is 3.00. The molecule has 1 atom stereocenters. The van der Waals surface area contributed by atoms with E-state index in [1.807, 2.05) is 0 Å². The number of fused-ring (bicyclic) bond motifs is 1. The Balaban J connectivity index is 1.44. The van der Waals surface area contributed by atoms with Crippen molar-refractivity contribution in [2.24, 2.45) is 0 Å². The van der Waals surface area contributed by atoms with Crippen LogP contribution in [0, 0.1) is 0 Å². The normalized spacial score (nSPS) is 17.0. The topological polar surface area (TPSA) is 47.0 Å². The third-order valence-corrected chi connectivity index (χ3v) is 4.19. The van der Waals surface area contributed by atoms with Gasteiger partial charge in [-0.15, -0.1) is 0 Å². The predicted molar refractivity (Wildman–Crippen MR) is 88.2 cm³/mol. The van der Waals surface area contributed by atoms with Crippen LogP contribution >= 0.6 is 11.6 Å². The Hall–Kier alpha value is -1.65. The molecule has 3 rings (SSSR count). The first-order valence-corrected chi connectivity index (χ1v) is 8.11. The smallest absolute Gasteiger partial charge is 0.148 e. The van der Waals surface area contributed by atoms with E-state index in [0.29, 0.717) is 10.8 Å². The maximum atomic E-state index is 6.07. The van der Waals surface area contributed by atoms with Gasteiger partial charge in [0.15, 0.2) is 0 Å². The summed E-state index contributed by atoms with van der Waals surface area (Å²) in [5, 5.41) is 3.75. The average molecular weight is 318 g/mol. The van der Waals surface area contributed by atoms with Crippen LogP contribution in [0.1, 0.15) is 36.5 Å². The summed E-state index contributed by atoms with van der Waals surface area (Å²) in [7, 11) is 0. The molecule has 1 N–H and O–H groups in total. The molecule has 0 spiro atoms. The molecule has 1 aliphatic rings. The van der Waals surface area contributed by atoms with Gasteiger partial charge in [0.25, 0.3) is 0 Å². The lowest BCUT2D eigenvalue weighted by Crippen LogP contribution is -2.15. The van der Waals surface area contributed by atoms with Crippen molar-refractivity contribution in [2.75, 3.05) is 18.5 Å². The monoisotopic (exact) mass is 317 g/mol. The number of halogens is 1. The Morgan fingerprint density at radius 3 is 3.14 bits per heavy atom. The van der Waals surface area contributed by atoms with Gasteiger partial charge in [0, 0.05) is 13.2 Å². The number of nitrogens with one attached hydrogen (secondary N) is 1. The van der Waals surface area contributed by atoms with Crippen LogP contribution in [0.4, 0.5) is 5.82 Å². The van der Waals surface area contributed by atoms with Crippen molar-refractivity contribution in [3.05, 3.63) is 52.9 Å². The lowest BCUT2D eigenvalue weighted by Gasteiger charge is -2.25. The van der Waals surface area contributed by atoms with Crippen LogP contribution in [-0.2, 0) is 11.2 Å². The van der Waals surface area contributed by atoms with Gasteiger partial charge in [-0.25, -0.2) is 9.97 Å². The molecule has 0 bridgehead atoms. The number of anilines is 1. The van der Waals surface area contributed by atoms with E-state index in [-0.39, 0.29) is 6.10 Å². The fourth-order valence-electron chi connectivity index (χ4n) is 2.83. The molecule has 0 amide bonds. The molecule has 1 aliphatic carbocycles. The molecule has 1 unspecified atom stereocenters. The molecule has 22 heavy (non-hydrogen) atoms. The molecule has 1 heterocycles. The van der Waals surface area contributed by atoms with E-state index in [1.165, 1.54) is 30.3 Å². The number of ether oxygens (including phenoxy) is 1. The molecule has 1 aromatic heterocycles. The highest BCUT2D eigenvalue weighted by molar-refractivity contribution is 6.32. The molecule has 2 aromatic rings. The van der Waals surface area contributed by atoms with Gasteiger partial charge >= 0.3 is 0 Å². The van der Waals surface area contributed by atoms with Crippen LogP contribution in [0.5, 0.6) is 0 Å². The van der Waals surface area contributed by atoms with Crippen LogP contribution in [0.25, 0.3) is 0 Å². The third-order valence-electron chi connectivity index (χ3n) is 3.91. The molecule has 0 fully saturated rings. The summed E-state index contributed by atoms with van der Waals surface area (Å²) in [6.45, 7) is 1.51. The first-order chi connectivity index (χ1) is 10.8. The lowest BCUT2D eigenvalue weighted by atomic mass is 9.89. The summed E-state index contributed by atoms with van der Waals surface area (Å²) >= 11 is 6.00. The first-order valence-electron chi connectivity index (χ1n) is 7.73. The SMILES string of the molecule is Clc1cncnc1NCCCOC1CCCc2ccccc21. The maximum absolute atomic E-state index is 6.07. The van der Waals surface area contributed by atoms with Crippen LogP contribution in [0.3, 0.4) is 0 Å². The zero-order chi connectivity index (χ0) is 15.2. The Morgan fingerprint density at radius 2 is 2.23 bits per heavy atom. The zero-order valence-corrected chi connectivity index (χ0v) is 13.2. The Labute approximate surface area is 135 Å². The summed E-state index contributed by atoms with van der Waals surface area (Å²) in [4.78, 5) is 7.96. The van der Waals surface area contributed by atoms with Crippen LogP contribution < -0.4 is 5.32 Å². The number of aryl methyl sites for hydroxylation is 1. The van der Waals surface area contributed by atoms with Crippen LogP contribution in [0.2, 0.25) is 5.02 Å². The van der Waals surface area contributed by atoms with Crippen LogP contribution in [0.15, 0.2) is 36.8 Å². The molecule has 4 nitrogen and oxygen atoms in total. The summed E-state index contributed by atoms with van der Waals surface area (Å²) in [6.07, 6.45) is 7.73. The highest BCUT2D eigenvalue weighted by atomic mass is 35.5. The molecule has 0 saturated heterocycles. The maximum Gasteiger partial charge on any atom is 0.148 e. The number of aromatic nitrogens is 2. The second-order valence-corrected chi connectivity index (χ2v) is 5.86. The molecular weight excluding hydrogens is 298 g/mol. The summed E-state index contributed by atoms with van der Waals surface area (Å²) in [6, 6.07) is 8.61. The second kappa shape index (κ2) is 7.56. The number of hydrogen-bond donors (Lipinski definition) is 1. The number of rotatable bonds is 6. The highest BCUT2D eigenvalue weighted by Crippen LogP contribution is 2.32. The van der Waals surface area contributed by atoms with E-state index in [9.17, 15) is 0 Å². The van der Waals surface area contributed by atoms with Crippen molar-refractivity contribution in [1.82, 2.24) is 9.97 Å². The van der Waals surface area contributed by atoms with E-state index in [0.717, 1.165) is 26.0 Å². The van der Waals surface area contributed by atoms with Crippen molar-refractivity contribution in [2.45, 2.75) is 31.8 Å². The zero-order valence-electron chi connectivity index (χ0n) is 12.5. The number of benzene rings is 1. The average Bonchev–Trinajstić information content (AvgIpc) is 2.56.